The molecule has 0 unspecified atom stereocenters. The molecule has 2 aromatic carbocycles. The van der Waals surface area contributed by atoms with Crippen LogP contribution >= 0.6 is 0 Å². The van der Waals surface area contributed by atoms with E-state index in [4.69, 9.17) is 20.3 Å². The fraction of sp³-hybridized carbons (Fsp3) is 0.323. The van der Waals surface area contributed by atoms with E-state index in [1.165, 1.54) is 6.33 Å². The number of nitrogens with zero attached hydrogens (tertiary/aromatic N) is 7. The lowest BCUT2D eigenvalue weighted by atomic mass is 9.57. The SMILES string of the molecule is Cc1cc(OCc2cnc(C)nc2)cc(Oc2ccc(-n3nc(C4CC5(C4)CN(C)C5)c4ncnc(N)c43)cc2)c1. The van der Waals surface area contributed by atoms with E-state index in [1.54, 1.807) is 12.4 Å². The van der Waals surface area contributed by atoms with Gasteiger partial charge >= 0.3 is 0 Å². The van der Waals surface area contributed by atoms with Crippen molar-refractivity contribution in [2.45, 2.75) is 39.2 Å². The molecule has 10 nitrogen and oxygen atoms in total. The van der Waals surface area contributed by atoms with Crippen molar-refractivity contribution in [3.8, 4) is 22.9 Å². The number of benzene rings is 2. The van der Waals surface area contributed by atoms with Crippen LogP contribution in [-0.4, -0.2) is 54.8 Å². The van der Waals surface area contributed by atoms with Crippen LogP contribution in [0.15, 0.2) is 61.2 Å². The Morgan fingerprint density at radius 1 is 0.927 bits per heavy atom. The average molecular weight is 549 g/mol. The first kappa shape index (κ1) is 25.4. The predicted molar refractivity (Wildman–Crippen MR) is 155 cm³/mol. The Morgan fingerprint density at radius 2 is 1.66 bits per heavy atom. The van der Waals surface area contributed by atoms with Crippen LogP contribution in [0.2, 0.25) is 0 Å². The number of hydrogen-bond donors (Lipinski definition) is 1. The van der Waals surface area contributed by atoms with Crippen LogP contribution in [0.1, 0.15) is 41.4 Å². The summed E-state index contributed by atoms with van der Waals surface area (Å²) in [4.78, 5) is 19.7. The fourth-order valence-corrected chi connectivity index (χ4v) is 6.30. The number of ether oxygens (including phenoxy) is 2. The smallest absolute Gasteiger partial charge is 0.153 e. The van der Waals surface area contributed by atoms with Crippen LogP contribution in [0, 0.1) is 19.3 Å². The number of hydrogen-bond acceptors (Lipinski definition) is 9. The Labute approximate surface area is 238 Å². The van der Waals surface area contributed by atoms with Crippen molar-refractivity contribution in [2.24, 2.45) is 5.41 Å². The molecule has 2 aliphatic rings. The predicted octanol–water partition coefficient (Wildman–Crippen LogP) is 4.99. The number of rotatable bonds is 7. The molecule has 3 aromatic heterocycles. The van der Waals surface area contributed by atoms with Crippen molar-refractivity contribution in [1.29, 1.82) is 0 Å². The molecule has 41 heavy (non-hydrogen) atoms. The molecule has 10 heteroatoms. The molecule has 0 amide bonds. The van der Waals surface area contributed by atoms with Gasteiger partial charge in [0.15, 0.2) is 5.82 Å². The topological polar surface area (TPSA) is 117 Å². The number of likely N-dealkylation sites (tertiary alicyclic amines) is 1. The van der Waals surface area contributed by atoms with Crippen LogP contribution in [0.4, 0.5) is 5.82 Å². The average Bonchev–Trinajstić information content (AvgIpc) is 3.30. The summed E-state index contributed by atoms with van der Waals surface area (Å²) in [5.41, 5.74) is 12.2. The summed E-state index contributed by atoms with van der Waals surface area (Å²) < 4.78 is 14.1. The molecule has 208 valence electrons. The normalized spacial score (nSPS) is 16.5. The van der Waals surface area contributed by atoms with Crippen LogP contribution in [0.25, 0.3) is 16.7 Å². The lowest BCUT2D eigenvalue weighted by Crippen LogP contribution is -2.60. The molecular formula is C31H32N8O2. The zero-order valence-electron chi connectivity index (χ0n) is 23.4. The lowest BCUT2D eigenvalue weighted by Gasteiger charge is -2.58. The largest absolute Gasteiger partial charge is 0.489 e. The summed E-state index contributed by atoms with van der Waals surface area (Å²) in [5, 5.41) is 5.03. The minimum Gasteiger partial charge on any atom is -0.489 e. The highest BCUT2D eigenvalue weighted by atomic mass is 16.5. The molecule has 7 rings (SSSR count). The molecule has 1 saturated carbocycles. The second-order valence-electron chi connectivity index (χ2n) is 11.5. The van der Waals surface area contributed by atoms with Gasteiger partial charge in [-0.3, -0.25) is 0 Å². The van der Waals surface area contributed by atoms with E-state index in [9.17, 15) is 0 Å². The van der Waals surface area contributed by atoms with Crippen molar-refractivity contribution in [1.82, 2.24) is 34.6 Å². The molecule has 0 radical (unpaired) electrons. The fourth-order valence-electron chi connectivity index (χ4n) is 6.30. The number of nitrogen functional groups attached to an aromatic ring is 1. The maximum atomic E-state index is 6.34. The van der Waals surface area contributed by atoms with Crippen molar-refractivity contribution in [3.63, 3.8) is 0 Å². The van der Waals surface area contributed by atoms with Crippen molar-refractivity contribution < 1.29 is 9.47 Å². The number of aryl methyl sites for hydroxylation is 2. The van der Waals surface area contributed by atoms with Crippen LogP contribution in [0.3, 0.4) is 0 Å². The van der Waals surface area contributed by atoms with Crippen molar-refractivity contribution in [3.05, 3.63) is 83.8 Å². The quantitative estimate of drug-likeness (QED) is 0.300. The van der Waals surface area contributed by atoms with Gasteiger partial charge in [0.2, 0.25) is 0 Å². The maximum Gasteiger partial charge on any atom is 0.153 e. The minimum absolute atomic E-state index is 0.378. The van der Waals surface area contributed by atoms with Gasteiger partial charge in [-0.2, -0.15) is 5.10 Å². The summed E-state index contributed by atoms with van der Waals surface area (Å²) in [7, 11) is 2.18. The Morgan fingerprint density at radius 3 is 2.39 bits per heavy atom. The maximum absolute atomic E-state index is 6.34. The molecule has 5 aromatic rings. The highest BCUT2D eigenvalue weighted by Crippen LogP contribution is 2.56. The second kappa shape index (κ2) is 9.81. The van der Waals surface area contributed by atoms with Crippen molar-refractivity contribution in [2.75, 3.05) is 25.9 Å². The Balaban J connectivity index is 1.10. The van der Waals surface area contributed by atoms with Gasteiger partial charge in [-0.15, -0.1) is 0 Å². The highest BCUT2D eigenvalue weighted by Gasteiger charge is 2.52. The van der Waals surface area contributed by atoms with Gasteiger partial charge in [0, 0.05) is 43.0 Å². The molecule has 0 atom stereocenters. The third-order valence-electron chi connectivity index (χ3n) is 8.05. The first-order chi connectivity index (χ1) is 19.8. The second-order valence-corrected chi connectivity index (χ2v) is 11.5. The number of fused-ring (bicyclic) bond motifs is 1. The van der Waals surface area contributed by atoms with Gasteiger partial charge in [0.1, 0.15) is 47.0 Å². The van der Waals surface area contributed by atoms with E-state index >= 15 is 0 Å². The van der Waals surface area contributed by atoms with Gasteiger partial charge < -0.3 is 20.1 Å². The van der Waals surface area contributed by atoms with E-state index in [2.05, 4.69) is 31.9 Å². The van der Waals surface area contributed by atoms with Crippen molar-refractivity contribution >= 4 is 16.9 Å². The number of anilines is 1. The van der Waals surface area contributed by atoms with Gasteiger partial charge in [-0.05, 0) is 81.1 Å². The third kappa shape index (κ3) is 4.84. The summed E-state index contributed by atoms with van der Waals surface area (Å²) in [6.45, 7) is 6.58. The molecule has 1 saturated heterocycles. The first-order valence-corrected chi connectivity index (χ1v) is 13.8. The molecule has 2 fully saturated rings. The summed E-state index contributed by atoms with van der Waals surface area (Å²) in [6.07, 6.45) is 7.36. The van der Waals surface area contributed by atoms with E-state index in [-0.39, 0.29) is 0 Å². The van der Waals surface area contributed by atoms with Gasteiger partial charge in [0.05, 0.1) is 11.4 Å². The first-order valence-electron chi connectivity index (χ1n) is 13.8. The summed E-state index contributed by atoms with van der Waals surface area (Å²) in [5.74, 6) is 3.66. The van der Waals surface area contributed by atoms with E-state index in [1.807, 2.05) is 61.0 Å². The third-order valence-corrected chi connectivity index (χ3v) is 8.05. The summed E-state index contributed by atoms with van der Waals surface area (Å²) >= 11 is 0. The highest BCUT2D eigenvalue weighted by molar-refractivity contribution is 5.88. The van der Waals surface area contributed by atoms with E-state index in [0.717, 1.165) is 71.0 Å². The molecular weight excluding hydrogens is 516 g/mol. The van der Waals surface area contributed by atoms with E-state index in [0.29, 0.717) is 35.3 Å². The van der Waals surface area contributed by atoms with Crippen LogP contribution in [-0.2, 0) is 6.61 Å². The zero-order valence-corrected chi connectivity index (χ0v) is 23.4. The van der Waals surface area contributed by atoms with Crippen LogP contribution < -0.4 is 15.2 Å². The molecule has 1 spiro atoms. The Hall–Kier alpha value is -4.57. The molecule has 4 heterocycles. The molecule has 1 aliphatic heterocycles. The van der Waals surface area contributed by atoms with Gasteiger partial charge in [0.25, 0.3) is 0 Å². The standard InChI is InChI=1S/C31H32N8O2/c1-19-8-25(40-15-21-13-33-20(2)34-14-21)10-26(9-19)41-24-6-4-23(5-7-24)39-29-28(35-18-36-30(29)32)27(37-39)22-11-31(12-22)16-38(3)17-31/h4-10,13-14,18,22H,11-12,15-17H2,1-3H3,(H2,32,35,36). The monoisotopic (exact) mass is 548 g/mol. The molecule has 1 aliphatic carbocycles. The number of nitrogens with two attached hydrogens (primary N) is 1. The minimum atomic E-state index is 0.378. The Bertz CT molecular complexity index is 1720. The van der Waals surface area contributed by atoms with Gasteiger partial charge in [-0.25, -0.2) is 24.6 Å². The summed E-state index contributed by atoms with van der Waals surface area (Å²) in [6, 6.07) is 13.6. The van der Waals surface area contributed by atoms with Gasteiger partial charge in [-0.1, -0.05) is 0 Å². The lowest BCUT2D eigenvalue weighted by molar-refractivity contribution is -0.0590. The molecule has 0 bridgehead atoms. The number of aromatic nitrogens is 6. The molecule has 2 N–H and O–H groups in total. The Kier molecular flexibility index (Phi) is 6.08. The van der Waals surface area contributed by atoms with Crippen LogP contribution in [0.5, 0.6) is 17.2 Å². The zero-order chi connectivity index (χ0) is 28.1. The van der Waals surface area contributed by atoms with E-state index < -0.39 is 0 Å².